The summed E-state index contributed by atoms with van der Waals surface area (Å²) in [6, 6.07) is 8.17. The summed E-state index contributed by atoms with van der Waals surface area (Å²) in [7, 11) is 0. The Labute approximate surface area is 120 Å². The van der Waals surface area contributed by atoms with Gasteiger partial charge in [-0.1, -0.05) is 18.2 Å². The summed E-state index contributed by atoms with van der Waals surface area (Å²) in [6.45, 7) is 1.27. The molecule has 4 rings (SSSR count). The molecular weight excluding hydrogens is 266 g/mol. The SMILES string of the molecule is c1ccc2c(c1)CN=C(CNc1ncnc3nc[nH]c13)N2. The van der Waals surface area contributed by atoms with Crippen LogP contribution in [-0.4, -0.2) is 32.3 Å². The highest BCUT2D eigenvalue weighted by molar-refractivity contribution is 6.00. The first-order valence-electron chi connectivity index (χ1n) is 6.66. The highest BCUT2D eigenvalue weighted by Gasteiger charge is 2.11. The van der Waals surface area contributed by atoms with Gasteiger partial charge in [0.2, 0.25) is 0 Å². The fourth-order valence-electron chi connectivity index (χ4n) is 2.32. The van der Waals surface area contributed by atoms with E-state index in [0.29, 0.717) is 18.7 Å². The minimum absolute atomic E-state index is 0.569. The Morgan fingerprint density at radius 2 is 2.10 bits per heavy atom. The van der Waals surface area contributed by atoms with Crippen molar-refractivity contribution in [3.05, 3.63) is 42.5 Å². The van der Waals surface area contributed by atoms with E-state index in [-0.39, 0.29) is 0 Å². The molecule has 3 aromatic rings. The van der Waals surface area contributed by atoms with Crippen molar-refractivity contribution in [1.82, 2.24) is 19.9 Å². The number of aliphatic imine (C=N–C) groups is 1. The summed E-state index contributed by atoms with van der Waals surface area (Å²) in [6.07, 6.45) is 3.11. The number of imidazole rings is 1. The van der Waals surface area contributed by atoms with Gasteiger partial charge in [0, 0.05) is 5.69 Å². The number of rotatable bonds is 3. The first-order chi connectivity index (χ1) is 10.4. The molecule has 0 aliphatic carbocycles. The van der Waals surface area contributed by atoms with Crippen LogP contribution in [0.5, 0.6) is 0 Å². The monoisotopic (exact) mass is 279 g/mol. The average Bonchev–Trinajstić information content (AvgIpc) is 3.02. The van der Waals surface area contributed by atoms with Crippen LogP contribution >= 0.6 is 0 Å². The van der Waals surface area contributed by atoms with Crippen LogP contribution in [0.3, 0.4) is 0 Å². The molecule has 0 fully saturated rings. The van der Waals surface area contributed by atoms with Crippen LogP contribution < -0.4 is 10.6 Å². The molecule has 2 aromatic heterocycles. The number of benzene rings is 1. The molecule has 0 saturated heterocycles. The molecule has 1 aromatic carbocycles. The maximum atomic E-state index is 4.53. The average molecular weight is 279 g/mol. The Morgan fingerprint density at radius 1 is 1.14 bits per heavy atom. The lowest BCUT2D eigenvalue weighted by atomic mass is 10.1. The normalized spacial score (nSPS) is 13.4. The topological polar surface area (TPSA) is 90.9 Å². The number of amidine groups is 1. The highest BCUT2D eigenvalue weighted by Crippen LogP contribution is 2.20. The number of para-hydroxylation sites is 1. The van der Waals surface area contributed by atoms with E-state index >= 15 is 0 Å². The van der Waals surface area contributed by atoms with Gasteiger partial charge in [0.15, 0.2) is 11.5 Å². The largest absolute Gasteiger partial charge is 0.361 e. The Hall–Kier alpha value is -2.96. The molecule has 0 bridgehead atoms. The standard InChI is InChI=1S/C14H13N7/c1-2-4-10-9(3-1)5-15-11(21-10)6-16-13-12-14(18-7-17-12)20-8-19-13/h1-4,7-8H,5-6H2,(H,15,21)(H2,16,17,18,19,20). The number of nitrogens with one attached hydrogen (secondary N) is 3. The quantitative estimate of drug-likeness (QED) is 0.680. The van der Waals surface area contributed by atoms with Crippen molar-refractivity contribution in [2.24, 2.45) is 4.99 Å². The molecule has 7 nitrogen and oxygen atoms in total. The molecule has 1 aliphatic rings. The van der Waals surface area contributed by atoms with Crippen LogP contribution in [0.2, 0.25) is 0 Å². The van der Waals surface area contributed by atoms with Gasteiger partial charge in [-0.15, -0.1) is 0 Å². The molecule has 0 spiro atoms. The van der Waals surface area contributed by atoms with Crippen LogP contribution in [0.25, 0.3) is 11.2 Å². The van der Waals surface area contributed by atoms with Crippen LogP contribution in [0.15, 0.2) is 41.9 Å². The van der Waals surface area contributed by atoms with Gasteiger partial charge in [-0.2, -0.15) is 0 Å². The van der Waals surface area contributed by atoms with E-state index in [4.69, 9.17) is 0 Å². The molecule has 3 heterocycles. The molecule has 0 radical (unpaired) electrons. The minimum atomic E-state index is 0.569. The summed E-state index contributed by atoms with van der Waals surface area (Å²) in [4.78, 5) is 20.0. The molecule has 7 heteroatoms. The number of anilines is 2. The Balaban J connectivity index is 1.51. The summed E-state index contributed by atoms with van der Waals surface area (Å²) in [5, 5.41) is 6.59. The van der Waals surface area contributed by atoms with E-state index in [1.54, 1.807) is 6.33 Å². The smallest absolute Gasteiger partial charge is 0.182 e. The minimum Gasteiger partial charge on any atom is -0.361 e. The predicted molar refractivity (Wildman–Crippen MR) is 81.4 cm³/mol. The van der Waals surface area contributed by atoms with Crippen LogP contribution in [0.4, 0.5) is 11.5 Å². The summed E-state index contributed by atoms with van der Waals surface area (Å²) < 4.78 is 0. The summed E-state index contributed by atoms with van der Waals surface area (Å²) >= 11 is 0. The lowest BCUT2D eigenvalue weighted by Gasteiger charge is -2.18. The second-order valence-electron chi connectivity index (χ2n) is 4.72. The van der Waals surface area contributed by atoms with E-state index in [1.807, 2.05) is 12.1 Å². The molecule has 21 heavy (non-hydrogen) atoms. The molecule has 3 N–H and O–H groups in total. The number of aromatic nitrogens is 4. The third-order valence-electron chi connectivity index (χ3n) is 3.38. The van der Waals surface area contributed by atoms with E-state index < -0.39 is 0 Å². The van der Waals surface area contributed by atoms with Crippen molar-refractivity contribution in [2.45, 2.75) is 6.54 Å². The molecule has 0 unspecified atom stereocenters. The summed E-state index contributed by atoms with van der Waals surface area (Å²) in [5.41, 5.74) is 3.77. The maximum absolute atomic E-state index is 4.53. The zero-order valence-electron chi connectivity index (χ0n) is 11.2. The van der Waals surface area contributed by atoms with Crippen molar-refractivity contribution in [3.63, 3.8) is 0 Å². The van der Waals surface area contributed by atoms with Crippen LogP contribution in [0.1, 0.15) is 5.56 Å². The first kappa shape index (κ1) is 11.8. The fourth-order valence-corrected chi connectivity index (χ4v) is 2.32. The van der Waals surface area contributed by atoms with Crippen molar-refractivity contribution >= 4 is 28.5 Å². The van der Waals surface area contributed by atoms with Gasteiger partial charge in [-0.3, -0.25) is 4.99 Å². The number of aromatic amines is 1. The van der Waals surface area contributed by atoms with Gasteiger partial charge in [0.25, 0.3) is 0 Å². The summed E-state index contributed by atoms with van der Waals surface area (Å²) in [5.74, 6) is 1.61. The van der Waals surface area contributed by atoms with Crippen molar-refractivity contribution in [3.8, 4) is 0 Å². The van der Waals surface area contributed by atoms with Gasteiger partial charge in [0.05, 0.1) is 19.4 Å². The third-order valence-corrected chi connectivity index (χ3v) is 3.38. The number of hydrogen-bond donors (Lipinski definition) is 3. The highest BCUT2D eigenvalue weighted by atomic mass is 15.1. The molecule has 104 valence electrons. The van der Waals surface area contributed by atoms with Gasteiger partial charge in [-0.05, 0) is 11.6 Å². The van der Waals surface area contributed by atoms with Gasteiger partial charge in [0.1, 0.15) is 17.7 Å². The molecular formula is C14H13N7. The third kappa shape index (κ3) is 2.18. The van der Waals surface area contributed by atoms with E-state index in [2.05, 4.69) is 47.7 Å². The lowest BCUT2D eigenvalue weighted by molar-refractivity contribution is 1.03. The van der Waals surface area contributed by atoms with Gasteiger partial charge in [-0.25, -0.2) is 15.0 Å². The van der Waals surface area contributed by atoms with Gasteiger partial charge < -0.3 is 15.6 Å². The Morgan fingerprint density at radius 3 is 3.10 bits per heavy atom. The van der Waals surface area contributed by atoms with Crippen molar-refractivity contribution < 1.29 is 0 Å². The van der Waals surface area contributed by atoms with Crippen LogP contribution in [-0.2, 0) is 6.54 Å². The van der Waals surface area contributed by atoms with Crippen molar-refractivity contribution in [1.29, 1.82) is 0 Å². The van der Waals surface area contributed by atoms with Crippen molar-refractivity contribution in [2.75, 3.05) is 17.2 Å². The van der Waals surface area contributed by atoms with E-state index in [1.165, 1.54) is 11.9 Å². The second kappa shape index (κ2) is 4.86. The van der Waals surface area contributed by atoms with E-state index in [0.717, 1.165) is 22.9 Å². The van der Waals surface area contributed by atoms with Crippen LogP contribution in [0, 0.1) is 0 Å². The Bertz CT molecular complexity index is 821. The molecule has 0 amide bonds. The fraction of sp³-hybridized carbons (Fsp3) is 0.143. The first-order valence-corrected chi connectivity index (χ1v) is 6.66. The number of hydrogen-bond acceptors (Lipinski definition) is 6. The second-order valence-corrected chi connectivity index (χ2v) is 4.72. The predicted octanol–water partition coefficient (Wildman–Crippen LogP) is 1.79. The molecule has 0 saturated carbocycles. The lowest BCUT2D eigenvalue weighted by Crippen LogP contribution is -2.26. The maximum Gasteiger partial charge on any atom is 0.182 e. The number of nitrogens with zero attached hydrogens (tertiary/aromatic N) is 4. The Kier molecular flexibility index (Phi) is 2.74. The molecule has 0 atom stereocenters. The number of H-pyrrole nitrogens is 1. The zero-order valence-corrected chi connectivity index (χ0v) is 11.2. The van der Waals surface area contributed by atoms with E-state index in [9.17, 15) is 0 Å². The van der Waals surface area contributed by atoms with Gasteiger partial charge >= 0.3 is 0 Å². The molecule has 1 aliphatic heterocycles. The zero-order chi connectivity index (χ0) is 14.1. The number of fused-ring (bicyclic) bond motifs is 2.